The second-order valence-corrected chi connectivity index (χ2v) is 5.87. The molecule has 7 nitrogen and oxygen atoms in total. The van der Waals surface area contributed by atoms with Crippen LogP contribution in [0.4, 0.5) is 0 Å². The number of aliphatic hydroxyl groups is 2. The summed E-state index contributed by atoms with van der Waals surface area (Å²) in [6.07, 6.45) is -0.398. The normalized spacial score (nSPS) is 16.6. The van der Waals surface area contributed by atoms with E-state index >= 15 is 0 Å². The Morgan fingerprint density at radius 1 is 0.964 bits per heavy atom. The SMILES string of the molecule is CC.CC.CO.COCC(O)CN1CCN(Cc2ccc3c(c2)OCO3)CC1. The van der Waals surface area contributed by atoms with Gasteiger partial charge < -0.3 is 24.4 Å². The van der Waals surface area contributed by atoms with Crippen LogP contribution in [0, 0.1) is 0 Å². The standard InChI is InChI=1S/C16H24N2O4.2C2H6.CH4O/c1-20-11-14(19)10-18-6-4-17(5-7-18)9-13-2-3-15-16(8-13)22-12-21-15;3*1-2/h2-3,8,14,19H,4-7,9-12H2,1H3;2*1-2H3;2H,1H3. The summed E-state index contributed by atoms with van der Waals surface area (Å²) in [6.45, 7) is 14.3. The predicted molar refractivity (Wildman–Crippen MR) is 113 cm³/mol. The van der Waals surface area contributed by atoms with Crippen molar-refractivity contribution >= 4 is 0 Å². The summed E-state index contributed by atoms with van der Waals surface area (Å²) in [4.78, 5) is 4.72. The maximum absolute atomic E-state index is 9.79. The van der Waals surface area contributed by atoms with Gasteiger partial charge in [0.1, 0.15) is 0 Å². The molecular formula is C21H40N2O5. The van der Waals surface area contributed by atoms with Gasteiger partial charge in [-0.2, -0.15) is 0 Å². The van der Waals surface area contributed by atoms with E-state index in [0.29, 0.717) is 19.9 Å². The van der Waals surface area contributed by atoms with E-state index in [9.17, 15) is 5.11 Å². The summed E-state index contributed by atoms with van der Waals surface area (Å²) in [5.74, 6) is 1.68. The van der Waals surface area contributed by atoms with E-state index in [1.807, 2.05) is 33.8 Å². The Kier molecular flexibility index (Phi) is 15.7. The van der Waals surface area contributed by atoms with Gasteiger partial charge in [-0.25, -0.2) is 0 Å². The van der Waals surface area contributed by atoms with Crippen molar-refractivity contribution in [3.8, 4) is 11.5 Å². The third kappa shape index (κ3) is 9.21. The molecule has 0 spiro atoms. The number of fused-ring (bicyclic) bond motifs is 1. The highest BCUT2D eigenvalue weighted by molar-refractivity contribution is 5.44. The van der Waals surface area contributed by atoms with E-state index in [2.05, 4.69) is 21.9 Å². The van der Waals surface area contributed by atoms with Crippen molar-refractivity contribution in [1.29, 1.82) is 0 Å². The number of hydrogen-bond acceptors (Lipinski definition) is 7. The molecule has 1 atom stereocenters. The van der Waals surface area contributed by atoms with Crippen LogP contribution in [0.1, 0.15) is 33.3 Å². The highest BCUT2D eigenvalue weighted by Crippen LogP contribution is 2.32. The minimum Gasteiger partial charge on any atom is -0.454 e. The van der Waals surface area contributed by atoms with Crippen LogP contribution >= 0.6 is 0 Å². The van der Waals surface area contributed by atoms with Crippen LogP contribution in [-0.4, -0.2) is 86.5 Å². The second-order valence-electron chi connectivity index (χ2n) is 5.87. The first-order chi connectivity index (χ1) is 13.7. The number of piperazine rings is 1. The molecule has 2 N–H and O–H groups in total. The average molecular weight is 401 g/mol. The molecule has 0 amide bonds. The summed E-state index contributed by atoms with van der Waals surface area (Å²) in [7, 11) is 2.62. The van der Waals surface area contributed by atoms with Gasteiger partial charge in [0.25, 0.3) is 0 Å². The number of nitrogens with zero attached hydrogens (tertiary/aromatic N) is 2. The first-order valence-electron chi connectivity index (χ1n) is 10.2. The lowest BCUT2D eigenvalue weighted by Crippen LogP contribution is -2.48. The molecular weight excluding hydrogens is 360 g/mol. The molecule has 0 saturated carbocycles. The van der Waals surface area contributed by atoms with Crippen LogP contribution in [-0.2, 0) is 11.3 Å². The van der Waals surface area contributed by atoms with Crippen molar-refractivity contribution in [2.45, 2.75) is 40.3 Å². The molecule has 1 unspecified atom stereocenters. The molecule has 7 heteroatoms. The summed E-state index contributed by atoms with van der Waals surface area (Å²) < 4.78 is 15.7. The molecule has 0 aliphatic carbocycles. The van der Waals surface area contributed by atoms with Gasteiger partial charge in [-0.1, -0.05) is 33.8 Å². The van der Waals surface area contributed by atoms with Gasteiger partial charge in [0.05, 0.1) is 12.7 Å². The second kappa shape index (κ2) is 16.6. The van der Waals surface area contributed by atoms with Crippen LogP contribution in [0.25, 0.3) is 0 Å². The molecule has 164 valence electrons. The Balaban J connectivity index is 0.00000111. The fourth-order valence-electron chi connectivity index (χ4n) is 2.97. The molecule has 0 bridgehead atoms. The van der Waals surface area contributed by atoms with E-state index in [0.717, 1.165) is 51.3 Å². The van der Waals surface area contributed by atoms with Crippen LogP contribution in [0.3, 0.4) is 0 Å². The maximum Gasteiger partial charge on any atom is 0.231 e. The molecule has 1 aromatic carbocycles. The van der Waals surface area contributed by atoms with Gasteiger partial charge >= 0.3 is 0 Å². The summed E-state index contributed by atoms with van der Waals surface area (Å²) >= 11 is 0. The molecule has 2 aliphatic rings. The van der Waals surface area contributed by atoms with Crippen molar-refractivity contribution in [1.82, 2.24) is 9.80 Å². The molecule has 1 aromatic rings. The number of benzene rings is 1. The van der Waals surface area contributed by atoms with E-state index in [1.54, 1.807) is 7.11 Å². The lowest BCUT2D eigenvalue weighted by atomic mass is 10.1. The Morgan fingerprint density at radius 3 is 2.14 bits per heavy atom. The largest absolute Gasteiger partial charge is 0.454 e. The summed E-state index contributed by atoms with van der Waals surface area (Å²) in [5.41, 5.74) is 1.25. The lowest BCUT2D eigenvalue weighted by Gasteiger charge is -2.35. The van der Waals surface area contributed by atoms with Crippen molar-refractivity contribution in [2.24, 2.45) is 0 Å². The molecule has 0 radical (unpaired) electrons. The predicted octanol–water partition coefficient (Wildman–Crippen LogP) is 2.20. The third-order valence-corrected chi connectivity index (χ3v) is 4.14. The molecule has 2 heterocycles. The zero-order chi connectivity index (χ0) is 21.4. The fraction of sp³-hybridized carbons (Fsp3) is 0.714. The minimum atomic E-state index is -0.398. The van der Waals surface area contributed by atoms with E-state index in [1.165, 1.54) is 5.56 Å². The average Bonchev–Trinajstić information content (AvgIpc) is 3.22. The van der Waals surface area contributed by atoms with E-state index < -0.39 is 6.10 Å². The van der Waals surface area contributed by atoms with Crippen molar-refractivity contribution in [3.05, 3.63) is 23.8 Å². The van der Waals surface area contributed by atoms with E-state index in [-0.39, 0.29) is 0 Å². The van der Waals surface area contributed by atoms with Gasteiger partial charge in [-0.15, -0.1) is 0 Å². The van der Waals surface area contributed by atoms with Gasteiger partial charge in [-0.05, 0) is 17.7 Å². The quantitative estimate of drug-likeness (QED) is 0.758. The number of ether oxygens (including phenoxy) is 3. The van der Waals surface area contributed by atoms with Crippen molar-refractivity contribution in [2.75, 3.05) is 60.3 Å². The first-order valence-corrected chi connectivity index (χ1v) is 10.2. The van der Waals surface area contributed by atoms with Crippen LogP contribution in [0.15, 0.2) is 18.2 Å². The maximum atomic E-state index is 9.79. The fourth-order valence-corrected chi connectivity index (χ4v) is 2.97. The molecule has 28 heavy (non-hydrogen) atoms. The number of hydrogen-bond donors (Lipinski definition) is 2. The van der Waals surface area contributed by atoms with Gasteiger partial charge in [0.15, 0.2) is 11.5 Å². The highest BCUT2D eigenvalue weighted by Gasteiger charge is 2.20. The zero-order valence-electron chi connectivity index (χ0n) is 18.5. The first kappa shape index (κ1) is 26.6. The van der Waals surface area contributed by atoms with Gasteiger partial charge in [-0.3, -0.25) is 9.80 Å². The number of methoxy groups -OCH3 is 1. The number of rotatable bonds is 6. The number of β-amino-alcohol motifs (C(OH)–C–C–N with tert-alkyl or cyclic N) is 1. The highest BCUT2D eigenvalue weighted by atomic mass is 16.7. The van der Waals surface area contributed by atoms with E-state index in [4.69, 9.17) is 19.3 Å². The summed E-state index contributed by atoms with van der Waals surface area (Å²) in [6, 6.07) is 6.15. The lowest BCUT2D eigenvalue weighted by molar-refractivity contribution is 0.0230. The van der Waals surface area contributed by atoms with Crippen molar-refractivity contribution in [3.63, 3.8) is 0 Å². The molecule has 2 aliphatic heterocycles. The van der Waals surface area contributed by atoms with Crippen molar-refractivity contribution < 1.29 is 24.4 Å². The van der Waals surface area contributed by atoms with Gasteiger partial charge in [0, 0.05) is 53.5 Å². The van der Waals surface area contributed by atoms with Crippen LogP contribution < -0.4 is 9.47 Å². The Morgan fingerprint density at radius 2 is 1.54 bits per heavy atom. The Bertz CT molecular complexity index is 494. The topological polar surface area (TPSA) is 74.6 Å². The number of aliphatic hydroxyl groups excluding tert-OH is 2. The Labute approximate surface area is 170 Å². The molecule has 0 aromatic heterocycles. The molecule has 1 saturated heterocycles. The van der Waals surface area contributed by atoms with Crippen LogP contribution in [0.2, 0.25) is 0 Å². The summed E-state index contributed by atoms with van der Waals surface area (Å²) in [5, 5.41) is 16.8. The molecule has 3 rings (SSSR count). The smallest absolute Gasteiger partial charge is 0.231 e. The monoisotopic (exact) mass is 400 g/mol. The Hall–Kier alpha value is -1.38. The minimum absolute atomic E-state index is 0.321. The molecule has 1 fully saturated rings. The van der Waals surface area contributed by atoms with Crippen LogP contribution in [0.5, 0.6) is 11.5 Å². The van der Waals surface area contributed by atoms with Gasteiger partial charge in [0.2, 0.25) is 6.79 Å². The zero-order valence-corrected chi connectivity index (χ0v) is 18.5. The third-order valence-electron chi connectivity index (χ3n) is 4.14.